The second kappa shape index (κ2) is 10.0. The first kappa shape index (κ1) is 26.8. The van der Waals surface area contributed by atoms with E-state index in [0.717, 1.165) is 12.0 Å². The fraction of sp³-hybridized carbons (Fsp3) is 0.500. The standard InChI is InChI=1S/C26H34N6O4S2/c1-5-19-14-20(30-37(33,34)13-11-17(2)3)15-22(19)25-29-28-24-16-27-26-23(32(24)25)10-12-31(26)38(35,36)21-8-6-18(4)7-9-21/h6-10,12,16-17,19-20,22,30H,5,11,13-15H2,1-4H3/t19-,20+,22+/m1/s1. The largest absolute Gasteiger partial charge is 0.274 e. The Labute approximate surface area is 223 Å². The lowest BCUT2D eigenvalue weighted by Gasteiger charge is -2.16. The van der Waals surface area contributed by atoms with Crippen molar-refractivity contribution in [2.24, 2.45) is 11.8 Å². The molecule has 1 N–H and O–H groups in total. The highest BCUT2D eigenvalue weighted by molar-refractivity contribution is 7.90. The Morgan fingerprint density at radius 2 is 1.79 bits per heavy atom. The highest BCUT2D eigenvalue weighted by atomic mass is 32.2. The van der Waals surface area contributed by atoms with E-state index < -0.39 is 20.0 Å². The molecular formula is C26H34N6O4S2. The lowest BCUT2D eigenvalue weighted by Crippen LogP contribution is -2.35. The second-order valence-electron chi connectivity index (χ2n) is 10.7. The van der Waals surface area contributed by atoms with Crippen molar-refractivity contribution in [1.29, 1.82) is 0 Å². The molecule has 12 heteroatoms. The molecular weight excluding hydrogens is 524 g/mol. The van der Waals surface area contributed by atoms with E-state index in [4.69, 9.17) is 0 Å². The minimum absolute atomic E-state index is 0.0320. The predicted molar refractivity (Wildman–Crippen MR) is 146 cm³/mol. The van der Waals surface area contributed by atoms with Crippen molar-refractivity contribution in [1.82, 2.24) is 28.3 Å². The zero-order valence-corrected chi connectivity index (χ0v) is 23.7. The number of aryl methyl sites for hydroxylation is 1. The third-order valence-corrected chi connectivity index (χ3v) is 10.6. The summed E-state index contributed by atoms with van der Waals surface area (Å²) in [5.74, 6) is 1.31. The molecule has 1 saturated carbocycles. The molecule has 4 aromatic rings. The Kier molecular flexibility index (Phi) is 7.08. The average molecular weight is 559 g/mol. The van der Waals surface area contributed by atoms with Crippen LogP contribution in [0.5, 0.6) is 0 Å². The van der Waals surface area contributed by atoms with Crippen LogP contribution < -0.4 is 4.72 Å². The van der Waals surface area contributed by atoms with Gasteiger partial charge in [-0.1, -0.05) is 44.9 Å². The molecule has 3 heterocycles. The van der Waals surface area contributed by atoms with Gasteiger partial charge in [-0.15, -0.1) is 10.2 Å². The van der Waals surface area contributed by atoms with Crippen molar-refractivity contribution in [3.05, 3.63) is 54.1 Å². The van der Waals surface area contributed by atoms with E-state index in [1.54, 1.807) is 30.3 Å². The quantitative estimate of drug-likeness (QED) is 0.330. The molecule has 0 radical (unpaired) electrons. The van der Waals surface area contributed by atoms with Crippen LogP contribution in [0, 0.1) is 18.8 Å². The van der Waals surface area contributed by atoms with Gasteiger partial charge in [0.1, 0.15) is 5.82 Å². The summed E-state index contributed by atoms with van der Waals surface area (Å²) < 4.78 is 58.2. The van der Waals surface area contributed by atoms with Crippen LogP contribution in [0.3, 0.4) is 0 Å². The van der Waals surface area contributed by atoms with E-state index in [1.807, 2.05) is 25.2 Å². The minimum atomic E-state index is -3.86. The molecule has 0 aliphatic heterocycles. The molecule has 1 aromatic carbocycles. The maximum absolute atomic E-state index is 13.4. The summed E-state index contributed by atoms with van der Waals surface area (Å²) in [5, 5.41) is 8.82. The van der Waals surface area contributed by atoms with Gasteiger partial charge in [0.05, 0.1) is 22.4 Å². The van der Waals surface area contributed by atoms with Crippen LogP contribution in [-0.2, 0) is 20.0 Å². The Hall–Kier alpha value is -2.83. The van der Waals surface area contributed by atoms with E-state index in [1.165, 1.54) is 16.4 Å². The summed E-state index contributed by atoms with van der Waals surface area (Å²) in [6.45, 7) is 8.03. The molecule has 38 heavy (non-hydrogen) atoms. The van der Waals surface area contributed by atoms with Crippen molar-refractivity contribution in [2.45, 2.75) is 70.2 Å². The Morgan fingerprint density at radius 1 is 1.05 bits per heavy atom. The summed E-state index contributed by atoms with van der Waals surface area (Å²) in [6.07, 6.45) is 5.84. The molecule has 1 fully saturated rings. The Morgan fingerprint density at radius 3 is 2.47 bits per heavy atom. The zero-order chi connectivity index (χ0) is 27.2. The van der Waals surface area contributed by atoms with E-state index in [9.17, 15) is 16.8 Å². The lowest BCUT2D eigenvalue weighted by atomic mass is 9.93. The van der Waals surface area contributed by atoms with Gasteiger partial charge in [-0.25, -0.2) is 30.5 Å². The van der Waals surface area contributed by atoms with Crippen LogP contribution in [0.25, 0.3) is 16.8 Å². The predicted octanol–water partition coefficient (Wildman–Crippen LogP) is 3.86. The maximum atomic E-state index is 13.4. The Balaban J connectivity index is 1.50. The molecule has 0 bridgehead atoms. The van der Waals surface area contributed by atoms with Gasteiger partial charge in [0.15, 0.2) is 11.3 Å². The second-order valence-corrected chi connectivity index (χ2v) is 14.4. The van der Waals surface area contributed by atoms with Crippen molar-refractivity contribution >= 4 is 36.9 Å². The van der Waals surface area contributed by atoms with Crippen molar-refractivity contribution in [3.63, 3.8) is 0 Å². The van der Waals surface area contributed by atoms with Gasteiger partial charge in [-0.05, 0) is 56.2 Å². The number of aromatic nitrogens is 5. The highest BCUT2D eigenvalue weighted by Crippen LogP contribution is 2.42. The van der Waals surface area contributed by atoms with E-state index >= 15 is 0 Å². The number of nitrogens with zero attached hydrogens (tertiary/aromatic N) is 5. The number of hydrogen-bond donors (Lipinski definition) is 1. The lowest BCUT2D eigenvalue weighted by molar-refractivity contribution is 0.449. The van der Waals surface area contributed by atoms with E-state index in [0.29, 0.717) is 42.2 Å². The van der Waals surface area contributed by atoms with Crippen LogP contribution in [0.1, 0.15) is 63.8 Å². The number of rotatable bonds is 9. The molecule has 5 rings (SSSR count). The Bertz CT molecular complexity index is 1670. The first-order chi connectivity index (χ1) is 18.0. The van der Waals surface area contributed by atoms with Crippen LogP contribution in [0.15, 0.2) is 47.6 Å². The topological polar surface area (TPSA) is 128 Å². The summed E-state index contributed by atoms with van der Waals surface area (Å²) >= 11 is 0. The van der Waals surface area contributed by atoms with Crippen molar-refractivity contribution < 1.29 is 16.8 Å². The van der Waals surface area contributed by atoms with Gasteiger partial charge in [0.25, 0.3) is 10.0 Å². The van der Waals surface area contributed by atoms with Crippen LogP contribution in [-0.4, -0.2) is 52.2 Å². The number of sulfonamides is 1. The van der Waals surface area contributed by atoms with Crippen molar-refractivity contribution in [3.8, 4) is 0 Å². The highest BCUT2D eigenvalue weighted by Gasteiger charge is 2.39. The normalized spacial score (nSPS) is 20.7. The van der Waals surface area contributed by atoms with Crippen LogP contribution in [0.4, 0.5) is 0 Å². The summed E-state index contributed by atoms with van der Waals surface area (Å²) in [5.41, 5.74) is 2.37. The van der Waals surface area contributed by atoms with Crippen molar-refractivity contribution in [2.75, 3.05) is 5.75 Å². The van der Waals surface area contributed by atoms with Gasteiger partial charge in [-0.2, -0.15) is 0 Å². The molecule has 1 aliphatic carbocycles. The molecule has 3 atom stereocenters. The number of nitrogens with one attached hydrogen (secondary N) is 1. The molecule has 0 amide bonds. The fourth-order valence-corrected chi connectivity index (χ4v) is 8.30. The average Bonchev–Trinajstić information content (AvgIpc) is 3.58. The number of fused-ring (bicyclic) bond motifs is 3. The van der Waals surface area contributed by atoms with Crippen LogP contribution in [0.2, 0.25) is 0 Å². The number of benzene rings is 1. The van der Waals surface area contributed by atoms with E-state index in [2.05, 4.69) is 26.8 Å². The van der Waals surface area contributed by atoms with Crippen LogP contribution >= 0.6 is 0 Å². The van der Waals surface area contributed by atoms with E-state index in [-0.39, 0.29) is 34.2 Å². The monoisotopic (exact) mass is 558 g/mol. The zero-order valence-electron chi connectivity index (χ0n) is 22.1. The summed E-state index contributed by atoms with van der Waals surface area (Å²) in [6, 6.07) is 8.24. The van der Waals surface area contributed by atoms with Gasteiger partial charge in [-0.3, -0.25) is 4.40 Å². The molecule has 10 nitrogen and oxygen atoms in total. The summed E-state index contributed by atoms with van der Waals surface area (Å²) in [7, 11) is -7.23. The minimum Gasteiger partial charge on any atom is -0.274 e. The molecule has 0 spiro atoms. The third kappa shape index (κ3) is 4.96. The van der Waals surface area contributed by atoms with Gasteiger partial charge < -0.3 is 0 Å². The third-order valence-electron chi connectivity index (χ3n) is 7.50. The van der Waals surface area contributed by atoms with Gasteiger partial charge in [0.2, 0.25) is 10.0 Å². The molecule has 1 aliphatic rings. The van der Waals surface area contributed by atoms with Gasteiger partial charge >= 0.3 is 0 Å². The first-order valence-corrected chi connectivity index (χ1v) is 16.1. The fourth-order valence-electron chi connectivity index (χ4n) is 5.40. The molecule has 204 valence electrons. The maximum Gasteiger partial charge on any atom is 0.269 e. The van der Waals surface area contributed by atoms with Gasteiger partial charge in [0, 0.05) is 18.2 Å². The number of hydrogen-bond acceptors (Lipinski definition) is 7. The molecule has 0 saturated heterocycles. The molecule has 0 unspecified atom stereocenters. The smallest absolute Gasteiger partial charge is 0.269 e. The first-order valence-electron chi connectivity index (χ1n) is 13.0. The SMILES string of the molecule is CC[C@@H]1C[C@H](NS(=O)(=O)CCC(C)C)C[C@@H]1c1nnc2cnc3c(ccn3S(=O)(=O)c3ccc(C)cc3)n12. The molecule has 3 aromatic heterocycles. The summed E-state index contributed by atoms with van der Waals surface area (Å²) in [4.78, 5) is 4.61.